The number of aromatic nitrogens is 2. The molecule has 9 rings (SSSR count). The number of hydrogen-bond donors (Lipinski definition) is 9. The third-order valence-corrected chi connectivity index (χ3v) is 15.4. The van der Waals surface area contributed by atoms with E-state index in [1.54, 1.807) is 61.1 Å². The minimum Gasteiger partial charge on any atom is -0.489 e. The predicted octanol–water partition coefficient (Wildman–Crippen LogP) is 2.84. The topological polar surface area (TPSA) is 283 Å². The number of ether oxygens (including phenoxy) is 2. The Hall–Kier alpha value is -8.37. The van der Waals surface area contributed by atoms with E-state index in [0.717, 1.165) is 27.6 Å². The molecule has 3 saturated heterocycles. The quantitative estimate of drug-likeness (QED) is 0.0600. The van der Waals surface area contributed by atoms with Crippen molar-refractivity contribution < 1.29 is 43.0 Å². The van der Waals surface area contributed by atoms with Crippen molar-refractivity contribution in [1.29, 1.82) is 0 Å². The van der Waals surface area contributed by atoms with Gasteiger partial charge in [-0.05, 0) is 89.9 Å². The van der Waals surface area contributed by atoms with E-state index >= 15 is 28.8 Å². The number of nitrogens with one attached hydrogen (secondary N) is 8. The molecule has 4 aromatic carbocycles. The average molecular weight is 1150 g/mol. The van der Waals surface area contributed by atoms with Crippen LogP contribution in [0, 0.1) is 0 Å². The van der Waals surface area contributed by atoms with E-state index in [4.69, 9.17) is 26.8 Å². The van der Waals surface area contributed by atoms with E-state index in [1.807, 2.05) is 77.7 Å². The first-order valence-corrected chi connectivity index (χ1v) is 28.6. The summed E-state index contributed by atoms with van der Waals surface area (Å²) in [5.41, 5.74) is 10.3. The monoisotopic (exact) mass is 1150 g/mol. The molecule has 10 N–H and O–H groups in total. The molecule has 22 heteroatoms. The third kappa shape index (κ3) is 16.7. The van der Waals surface area contributed by atoms with Gasteiger partial charge in [0.1, 0.15) is 54.7 Å². The molecular formula is C61H71ClN12O9. The fourth-order valence-corrected chi connectivity index (χ4v) is 10.8. The normalized spacial score (nSPS) is 22.2. The van der Waals surface area contributed by atoms with Crippen molar-refractivity contribution in [3.05, 3.63) is 167 Å². The number of fused-ring (bicyclic) bond motifs is 2. The number of halogens is 1. The van der Waals surface area contributed by atoms with Gasteiger partial charge in [0.05, 0.1) is 6.54 Å². The lowest BCUT2D eigenvalue weighted by Crippen LogP contribution is -2.63. The van der Waals surface area contributed by atoms with Crippen molar-refractivity contribution in [2.24, 2.45) is 5.73 Å². The van der Waals surface area contributed by atoms with Crippen LogP contribution in [0.3, 0.4) is 0 Å². The smallest absolute Gasteiger partial charge is 0.407 e. The Labute approximate surface area is 486 Å². The van der Waals surface area contributed by atoms with Gasteiger partial charge in [-0.1, -0.05) is 90.5 Å². The van der Waals surface area contributed by atoms with E-state index in [1.165, 1.54) is 4.90 Å². The molecule has 3 fully saturated rings. The summed E-state index contributed by atoms with van der Waals surface area (Å²) in [6.07, 6.45) is 3.63. The van der Waals surface area contributed by atoms with Crippen LogP contribution in [0.15, 0.2) is 134 Å². The second-order valence-electron chi connectivity index (χ2n) is 21.1. The summed E-state index contributed by atoms with van der Waals surface area (Å²) in [6, 6.07) is 27.0. The number of nitrogens with two attached hydrogens (primary N) is 1. The molecule has 2 aromatic heterocycles. The van der Waals surface area contributed by atoms with Crippen LogP contribution in [-0.4, -0.2) is 156 Å². The molecule has 1 unspecified atom stereocenters. The van der Waals surface area contributed by atoms with Crippen LogP contribution < -0.4 is 47.7 Å². The summed E-state index contributed by atoms with van der Waals surface area (Å²) in [5, 5.41) is 22.1. The van der Waals surface area contributed by atoms with Gasteiger partial charge in [-0.25, -0.2) is 4.79 Å². The van der Waals surface area contributed by atoms with Gasteiger partial charge >= 0.3 is 6.09 Å². The number of carbonyl (C=O) groups is 7. The minimum atomic E-state index is -1.34. The van der Waals surface area contributed by atoms with Gasteiger partial charge < -0.3 is 62.3 Å². The number of pyridine rings is 1. The highest BCUT2D eigenvalue weighted by Crippen LogP contribution is 2.25. The van der Waals surface area contributed by atoms with Gasteiger partial charge in [-0.2, -0.15) is 0 Å². The molecule has 5 heterocycles. The number of benzene rings is 4. The van der Waals surface area contributed by atoms with Crippen molar-refractivity contribution in [1.82, 2.24) is 57.0 Å². The molecule has 83 heavy (non-hydrogen) atoms. The fraction of sp³-hybridized carbons (Fsp3) is 0.377. The molecule has 436 valence electrons. The molecule has 0 bridgehead atoms. The van der Waals surface area contributed by atoms with Crippen molar-refractivity contribution >= 4 is 64.0 Å². The maximum Gasteiger partial charge on any atom is 0.407 e. The van der Waals surface area contributed by atoms with Crippen molar-refractivity contribution in [2.45, 2.75) is 93.9 Å². The van der Waals surface area contributed by atoms with Crippen LogP contribution in [0.2, 0.25) is 5.02 Å². The molecule has 7 atom stereocenters. The van der Waals surface area contributed by atoms with E-state index < -0.39 is 83.9 Å². The molecule has 6 aromatic rings. The average Bonchev–Trinajstić information content (AvgIpc) is 4.37. The summed E-state index contributed by atoms with van der Waals surface area (Å²) in [7, 11) is 0. The number of aryl methyl sites for hydroxylation is 2. The largest absolute Gasteiger partial charge is 0.489 e. The van der Waals surface area contributed by atoms with Crippen molar-refractivity contribution in [3.8, 4) is 5.75 Å². The Morgan fingerprint density at radius 1 is 0.663 bits per heavy atom. The molecule has 0 radical (unpaired) electrons. The fourth-order valence-electron chi connectivity index (χ4n) is 10.6. The lowest BCUT2D eigenvalue weighted by atomic mass is 10.00. The van der Waals surface area contributed by atoms with Crippen LogP contribution in [0.4, 0.5) is 4.79 Å². The maximum absolute atomic E-state index is 15.4. The Morgan fingerprint density at radius 3 is 2.02 bits per heavy atom. The number of amides is 7. The Kier molecular flexibility index (Phi) is 20.7. The standard InChI is InChI=1S/C61H71ClN12O9/c62-44-18-12-42(13-19-44)38-82-45-20-14-40(15-21-45)31-51-56(76)69-50(23-17-41-9-6-25-65-34-41)60(80)74-36-46(83-61(81)66-26-24-63)33-54(74)59(79)68-49(22-16-39-7-2-1-3-8-39)55(75)71-52(32-43-35-67-48-11-5-4-10-47(43)48)57(77)72-53(58(78)70-51)37-73-29-27-64-28-30-73/h1-15,18-21,25,34-35,46,49-54,64,67H,16-17,22-24,26-33,36-38,63H2,(H,66,81)(H,68,79)(H,69,76)(H,70,78)(H,71,75)(H,72,77)/t46-,49-,50+,51+,52-,53?,54+/m1/s1. The number of aromatic amines is 1. The molecule has 3 aliphatic heterocycles. The van der Waals surface area contributed by atoms with Crippen LogP contribution in [0.25, 0.3) is 10.9 Å². The van der Waals surface area contributed by atoms with E-state index in [2.05, 4.69) is 47.2 Å². The van der Waals surface area contributed by atoms with Gasteiger partial charge in [0.25, 0.3) is 0 Å². The first-order valence-electron chi connectivity index (χ1n) is 28.2. The number of nitrogens with zero attached hydrogens (tertiary/aromatic N) is 3. The molecule has 21 nitrogen and oxygen atoms in total. The van der Waals surface area contributed by atoms with E-state index in [9.17, 15) is 4.79 Å². The van der Waals surface area contributed by atoms with Gasteiger partial charge in [0.15, 0.2) is 0 Å². The number of alkyl carbamates (subject to hydrolysis) is 1. The number of H-pyrrole nitrogens is 1. The molecule has 3 aliphatic rings. The number of hydrogen-bond acceptors (Lipinski definition) is 13. The number of para-hydroxylation sites is 1. The van der Waals surface area contributed by atoms with Gasteiger partial charge in [-0.15, -0.1) is 0 Å². The minimum absolute atomic E-state index is 0.0194. The molecule has 0 aliphatic carbocycles. The van der Waals surface area contributed by atoms with Gasteiger partial charge in [-0.3, -0.25) is 38.7 Å². The summed E-state index contributed by atoms with van der Waals surface area (Å²) in [6.45, 7) is 2.66. The Morgan fingerprint density at radius 2 is 1.29 bits per heavy atom. The summed E-state index contributed by atoms with van der Waals surface area (Å²) in [4.78, 5) is 115. The molecule has 7 amide bonds. The highest BCUT2D eigenvalue weighted by molar-refractivity contribution is 6.30. The van der Waals surface area contributed by atoms with Crippen LogP contribution in [0.5, 0.6) is 5.75 Å². The molecular weight excluding hydrogens is 1080 g/mol. The molecule has 0 spiro atoms. The van der Waals surface area contributed by atoms with E-state index in [0.29, 0.717) is 54.5 Å². The zero-order chi connectivity index (χ0) is 58.1. The van der Waals surface area contributed by atoms with E-state index in [-0.39, 0.29) is 71.3 Å². The maximum atomic E-state index is 15.4. The molecule has 0 saturated carbocycles. The summed E-state index contributed by atoms with van der Waals surface area (Å²) < 4.78 is 11.8. The first-order chi connectivity index (χ1) is 40.3. The third-order valence-electron chi connectivity index (χ3n) is 15.1. The number of rotatable bonds is 18. The zero-order valence-corrected chi connectivity index (χ0v) is 46.8. The Balaban J connectivity index is 1.10. The second kappa shape index (κ2) is 29.0. The second-order valence-corrected chi connectivity index (χ2v) is 21.5. The highest BCUT2D eigenvalue weighted by atomic mass is 35.5. The number of piperazine rings is 1. The first kappa shape index (κ1) is 59.3. The predicted molar refractivity (Wildman–Crippen MR) is 312 cm³/mol. The van der Waals surface area contributed by atoms with Gasteiger partial charge in [0, 0.05) is 99.6 Å². The SMILES string of the molecule is NCCNC(=O)O[C@@H]1C[C@H]2C(=O)N[C@H](CCc3ccccc3)C(=O)N[C@H](Cc3c[nH]c4ccccc34)C(=O)NC(CN3CCNCC3)C(=O)N[C@@H](Cc3ccc(OCc4ccc(Cl)cc4)cc3)C(=O)N[C@@H](CCc3cccnc3)C(=O)N2C1. The Bertz CT molecular complexity index is 3170. The van der Waals surface area contributed by atoms with Crippen molar-refractivity contribution in [3.63, 3.8) is 0 Å². The van der Waals surface area contributed by atoms with Crippen LogP contribution in [-0.2, 0) is 65.8 Å². The lowest BCUT2D eigenvalue weighted by Gasteiger charge is -2.33. The summed E-state index contributed by atoms with van der Waals surface area (Å²) in [5.74, 6) is -3.63. The summed E-state index contributed by atoms with van der Waals surface area (Å²) >= 11 is 6.10. The highest BCUT2D eigenvalue weighted by Gasteiger charge is 2.45. The zero-order valence-electron chi connectivity index (χ0n) is 46.0. The van der Waals surface area contributed by atoms with Crippen LogP contribution in [0.1, 0.15) is 47.1 Å². The van der Waals surface area contributed by atoms with Gasteiger partial charge in [0.2, 0.25) is 35.4 Å². The number of carbonyl (C=O) groups excluding carboxylic acids is 7. The lowest BCUT2D eigenvalue weighted by molar-refractivity contribution is -0.143. The van der Waals surface area contributed by atoms with Crippen molar-refractivity contribution in [2.75, 3.05) is 52.4 Å². The van der Waals surface area contributed by atoms with Crippen LogP contribution >= 0.6 is 11.6 Å².